The Morgan fingerprint density at radius 1 is 1.17 bits per heavy atom. The smallest absolute Gasteiger partial charge is 0.311 e. The molecule has 1 heterocycles. The molecule has 30 heavy (non-hydrogen) atoms. The predicted octanol–water partition coefficient (Wildman–Crippen LogP) is 5.05. The molecule has 0 amide bonds. The van der Waals surface area contributed by atoms with Crippen LogP contribution in [0.15, 0.2) is 22.0 Å². The number of ketones is 2. The summed E-state index contributed by atoms with van der Waals surface area (Å²) in [5.41, 5.74) is 3.11. The van der Waals surface area contributed by atoms with Crippen LogP contribution in [-0.4, -0.2) is 29.1 Å². The SMILES string of the molecule is CCOC(=O)Cc1nc(CC(=O)Cc2ccc(C)cc2C(=O)C2CCCC2)sc1Br. The first-order valence-electron chi connectivity index (χ1n) is 10.3. The molecule has 1 aromatic carbocycles. The van der Waals surface area contributed by atoms with Gasteiger partial charge in [0.15, 0.2) is 5.78 Å². The van der Waals surface area contributed by atoms with E-state index in [4.69, 9.17) is 4.74 Å². The van der Waals surface area contributed by atoms with Gasteiger partial charge in [0.2, 0.25) is 0 Å². The molecule has 3 rings (SSSR count). The van der Waals surface area contributed by atoms with E-state index in [0.717, 1.165) is 40.6 Å². The molecule has 1 aliphatic rings. The Hall–Kier alpha value is -1.86. The Balaban J connectivity index is 1.69. The fourth-order valence-corrected chi connectivity index (χ4v) is 5.46. The highest BCUT2D eigenvalue weighted by molar-refractivity contribution is 9.11. The molecule has 1 aromatic heterocycles. The van der Waals surface area contributed by atoms with Crippen molar-refractivity contribution in [3.8, 4) is 0 Å². The molecule has 0 saturated heterocycles. The number of aryl methyl sites for hydroxylation is 1. The maximum atomic E-state index is 13.0. The zero-order chi connectivity index (χ0) is 21.7. The number of esters is 1. The molecule has 0 atom stereocenters. The summed E-state index contributed by atoms with van der Waals surface area (Å²) in [6, 6.07) is 5.77. The highest BCUT2D eigenvalue weighted by Crippen LogP contribution is 2.30. The Morgan fingerprint density at radius 3 is 2.60 bits per heavy atom. The summed E-state index contributed by atoms with van der Waals surface area (Å²) < 4.78 is 5.70. The van der Waals surface area contributed by atoms with E-state index in [2.05, 4.69) is 20.9 Å². The van der Waals surface area contributed by atoms with Crippen LogP contribution in [0.3, 0.4) is 0 Å². The lowest BCUT2D eigenvalue weighted by Gasteiger charge is -2.13. The lowest BCUT2D eigenvalue weighted by Crippen LogP contribution is -2.16. The van der Waals surface area contributed by atoms with Gasteiger partial charge in [0, 0.05) is 17.9 Å². The van der Waals surface area contributed by atoms with E-state index >= 15 is 0 Å². The van der Waals surface area contributed by atoms with E-state index in [1.807, 2.05) is 25.1 Å². The van der Waals surface area contributed by atoms with Crippen molar-refractivity contribution >= 4 is 44.8 Å². The first kappa shape index (κ1) is 22.8. The summed E-state index contributed by atoms with van der Waals surface area (Å²) in [6.45, 7) is 4.05. The highest BCUT2D eigenvalue weighted by Gasteiger charge is 2.26. The third-order valence-electron chi connectivity index (χ3n) is 5.30. The van der Waals surface area contributed by atoms with Crippen molar-refractivity contribution in [3.05, 3.63) is 49.4 Å². The van der Waals surface area contributed by atoms with Crippen LogP contribution in [0.2, 0.25) is 0 Å². The minimum atomic E-state index is -0.337. The number of thiazole rings is 1. The van der Waals surface area contributed by atoms with Crippen LogP contribution < -0.4 is 0 Å². The molecule has 1 fully saturated rings. The molecule has 0 aliphatic heterocycles. The van der Waals surface area contributed by atoms with Gasteiger partial charge < -0.3 is 4.74 Å². The number of halogens is 1. The number of carbonyl (C=O) groups excluding carboxylic acids is 3. The summed E-state index contributed by atoms with van der Waals surface area (Å²) >= 11 is 4.78. The van der Waals surface area contributed by atoms with Crippen molar-refractivity contribution in [1.82, 2.24) is 4.98 Å². The second-order valence-corrected chi connectivity index (χ2v) is 10.1. The van der Waals surface area contributed by atoms with E-state index in [0.29, 0.717) is 22.9 Å². The Kier molecular flexibility index (Phi) is 7.94. The number of carbonyl (C=O) groups is 3. The number of hydrogen-bond acceptors (Lipinski definition) is 6. The third kappa shape index (κ3) is 5.85. The van der Waals surface area contributed by atoms with Gasteiger partial charge in [-0.1, -0.05) is 30.5 Å². The topological polar surface area (TPSA) is 73.3 Å². The standard InChI is InChI=1S/C23H26BrNO4S/c1-3-29-21(27)13-19-23(24)30-20(25-19)12-17(26)11-16-9-8-14(2)10-18(16)22(28)15-6-4-5-7-15/h8-10,15H,3-7,11-13H2,1-2H3. The van der Waals surface area contributed by atoms with Gasteiger partial charge in [0.05, 0.1) is 28.9 Å². The van der Waals surface area contributed by atoms with Crippen LogP contribution in [0, 0.1) is 12.8 Å². The average Bonchev–Trinajstić information content (AvgIpc) is 3.33. The lowest BCUT2D eigenvalue weighted by atomic mass is 9.90. The number of hydrogen-bond donors (Lipinski definition) is 0. The molecule has 1 aliphatic carbocycles. The average molecular weight is 492 g/mol. The van der Waals surface area contributed by atoms with Crippen LogP contribution in [0.5, 0.6) is 0 Å². The van der Waals surface area contributed by atoms with Crippen LogP contribution in [0.25, 0.3) is 0 Å². The lowest BCUT2D eigenvalue weighted by molar-refractivity contribution is -0.142. The molecule has 2 aromatic rings. The molecule has 0 unspecified atom stereocenters. The molecular formula is C23H26BrNO4S. The second-order valence-electron chi connectivity index (χ2n) is 7.71. The maximum Gasteiger partial charge on any atom is 0.311 e. The van der Waals surface area contributed by atoms with Crippen LogP contribution in [-0.2, 0) is 33.6 Å². The predicted molar refractivity (Wildman–Crippen MR) is 120 cm³/mol. The fraction of sp³-hybridized carbons (Fsp3) is 0.478. The third-order valence-corrected chi connectivity index (χ3v) is 7.13. The van der Waals surface area contributed by atoms with Gasteiger partial charge in [-0.05, 0) is 54.2 Å². The van der Waals surface area contributed by atoms with Crippen molar-refractivity contribution in [1.29, 1.82) is 0 Å². The van der Waals surface area contributed by atoms with E-state index in [9.17, 15) is 14.4 Å². The number of nitrogens with zero attached hydrogens (tertiary/aromatic N) is 1. The number of aromatic nitrogens is 1. The van der Waals surface area contributed by atoms with E-state index < -0.39 is 0 Å². The first-order chi connectivity index (χ1) is 14.4. The summed E-state index contributed by atoms with van der Waals surface area (Å²) in [4.78, 5) is 41.9. The van der Waals surface area contributed by atoms with E-state index in [1.54, 1.807) is 6.92 Å². The monoisotopic (exact) mass is 491 g/mol. The maximum absolute atomic E-state index is 13.0. The summed E-state index contributed by atoms with van der Waals surface area (Å²) in [6.07, 6.45) is 4.55. The second kappa shape index (κ2) is 10.4. The van der Waals surface area contributed by atoms with E-state index in [1.165, 1.54) is 11.3 Å². The number of benzene rings is 1. The summed E-state index contributed by atoms with van der Waals surface area (Å²) in [5.74, 6) is -0.0759. The molecule has 0 N–H and O–H groups in total. The largest absolute Gasteiger partial charge is 0.466 e. The summed E-state index contributed by atoms with van der Waals surface area (Å²) in [5, 5.41) is 0.655. The number of Topliss-reactive ketones (excluding diaryl/α,β-unsaturated/α-hetero) is 2. The zero-order valence-electron chi connectivity index (χ0n) is 17.3. The fourth-order valence-electron chi connectivity index (χ4n) is 3.84. The zero-order valence-corrected chi connectivity index (χ0v) is 19.7. The van der Waals surface area contributed by atoms with Gasteiger partial charge in [-0.3, -0.25) is 14.4 Å². The van der Waals surface area contributed by atoms with Crippen molar-refractivity contribution in [2.45, 2.75) is 58.8 Å². The van der Waals surface area contributed by atoms with Gasteiger partial charge in [0.25, 0.3) is 0 Å². The van der Waals surface area contributed by atoms with Gasteiger partial charge in [-0.15, -0.1) is 11.3 Å². The Labute approximate surface area is 189 Å². The molecule has 0 radical (unpaired) electrons. The van der Waals surface area contributed by atoms with Crippen LogP contribution >= 0.6 is 27.3 Å². The minimum absolute atomic E-state index is 0.00302. The van der Waals surface area contributed by atoms with E-state index in [-0.39, 0.29) is 42.7 Å². The van der Waals surface area contributed by atoms with Crippen molar-refractivity contribution in [3.63, 3.8) is 0 Å². The molecule has 7 heteroatoms. The summed E-state index contributed by atoms with van der Waals surface area (Å²) in [7, 11) is 0. The van der Waals surface area contributed by atoms with Gasteiger partial charge in [-0.25, -0.2) is 4.98 Å². The number of rotatable bonds is 9. The molecule has 5 nitrogen and oxygen atoms in total. The van der Waals surface area contributed by atoms with Crippen LogP contribution in [0.4, 0.5) is 0 Å². The minimum Gasteiger partial charge on any atom is -0.466 e. The Morgan fingerprint density at radius 2 is 1.90 bits per heavy atom. The number of ether oxygens (including phenoxy) is 1. The molecule has 0 bridgehead atoms. The van der Waals surface area contributed by atoms with Crippen molar-refractivity contribution in [2.24, 2.45) is 5.92 Å². The van der Waals surface area contributed by atoms with Gasteiger partial charge >= 0.3 is 5.97 Å². The molecular weight excluding hydrogens is 466 g/mol. The van der Waals surface area contributed by atoms with Crippen molar-refractivity contribution < 1.29 is 19.1 Å². The first-order valence-corrected chi connectivity index (χ1v) is 11.9. The quantitative estimate of drug-likeness (QED) is 0.362. The molecule has 0 spiro atoms. The van der Waals surface area contributed by atoms with Gasteiger partial charge in [0.1, 0.15) is 10.8 Å². The Bertz CT molecular complexity index is 947. The van der Waals surface area contributed by atoms with Crippen molar-refractivity contribution in [2.75, 3.05) is 6.61 Å². The normalized spacial score (nSPS) is 14.1. The molecule has 1 saturated carbocycles. The highest BCUT2D eigenvalue weighted by atomic mass is 79.9. The van der Waals surface area contributed by atoms with Gasteiger partial charge in [-0.2, -0.15) is 0 Å². The molecule has 160 valence electrons. The van der Waals surface area contributed by atoms with Crippen LogP contribution in [0.1, 0.15) is 64.8 Å².